The maximum atomic E-state index is 12.2. The van der Waals surface area contributed by atoms with Crippen LogP contribution < -0.4 is 5.32 Å². The van der Waals surface area contributed by atoms with E-state index >= 15 is 0 Å². The highest BCUT2D eigenvalue weighted by Gasteiger charge is 2.33. The molecule has 1 amide bonds. The number of rotatable bonds is 6. The van der Waals surface area contributed by atoms with Crippen molar-refractivity contribution in [1.82, 2.24) is 10.2 Å². The van der Waals surface area contributed by atoms with Crippen molar-refractivity contribution in [2.75, 3.05) is 19.8 Å². The lowest BCUT2D eigenvalue weighted by atomic mass is 10.1. The number of hydrogen-bond acceptors (Lipinski definition) is 5. The summed E-state index contributed by atoms with van der Waals surface area (Å²) in [6, 6.07) is 7.85. The summed E-state index contributed by atoms with van der Waals surface area (Å²) in [7, 11) is 1.86. The number of likely N-dealkylation sites (tertiary alicyclic amines) is 1. The zero-order valence-corrected chi connectivity index (χ0v) is 15.3. The summed E-state index contributed by atoms with van der Waals surface area (Å²) >= 11 is 1.64. The largest absolute Gasteiger partial charge is 0.392 e. The van der Waals surface area contributed by atoms with Crippen LogP contribution in [-0.4, -0.2) is 54.6 Å². The molecular formula is C18H25N3O2S. The molecule has 0 aliphatic carbocycles. The minimum Gasteiger partial charge on any atom is -0.392 e. The van der Waals surface area contributed by atoms with Crippen molar-refractivity contribution in [3.05, 3.63) is 41.1 Å². The molecule has 1 fully saturated rings. The van der Waals surface area contributed by atoms with Crippen LogP contribution in [0, 0.1) is 0 Å². The molecule has 0 bridgehead atoms. The number of nitrogens with zero attached hydrogens (tertiary/aromatic N) is 2. The first-order valence-electron chi connectivity index (χ1n) is 7.93. The summed E-state index contributed by atoms with van der Waals surface area (Å²) in [5.74, 6) is -0.0328. The van der Waals surface area contributed by atoms with Crippen LogP contribution in [-0.2, 0) is 11.3 Å². The van der Waals surface area contributed by atoms with Crippen LogP contribution >= 0.6 is 11.8 Å². The monoisotopic (exact) mass is 347 g/mol. The summed E-state index contributed by atoms with van der Waals surface area (Å²) in [4.78, 5) is 19.2. The highest BCUT2D eigenvalue weighted by Crippen LogP contribution is 2.29. The molecule has 5 nitrogen and oxygen atoms in total. The van der Waals surface area contributed by atoms with Crippen molar-refractivity contribution in [2.24, 2.45) is 4.99 Å². The molecule has 2 unspecified atom stereocenters. The molecule has 1 saturated heterocycles. The van der Waals surface area contributed by atoms with Crippen molar-refractivity contribution in [2.45, 2.75) is 32.0 Å². The van der Waals surface area contributed by atoms with Crippen molar-refractivity contribution in [3.63, 3.8) is 0 Å². The average molecular weight is 347 g/mol. The summed E-state index contributed by atoms with van der Waals surface area (Å²) < 4.78 is 0. The number of nitrogens with one attached hydrogen (secondary N) is 1. The van der Waals surface area contributed by atoms with E-state index in [-0.39, 0.29) is 11.9 Å². The third kappa shape index (κ3) is 4.47. The summed E-state index contributed by atoms with van der Waals surface area (Å²) in [5, 5.41) is 12.6. The van der Waals surface area contributed by atoms with Gasteiger partial charge in [0.15, 0.2) is 0 Å². The lowest BCUT2D eigenvalue weighted by Crippen LogP contribution is -2.41. The Hall–Kier alpha value is -1.63. The molecule has 0 radical (unpaired) electrons. The van der Waals surface area contributed by atoms with Crippen LogP contribution in [0.1, 0.15) is 24.5 Å². The van der Waals surface area contributed by atoms with Gasteiger partial charge in [0.05, 0.1) is 17.8 Å². The number of benzene rings is 1. The van der Waals surface area contributed by atoms with Crippen LogP contribution in [0.25, 0.3) is 4.91 Å². The number of allylic oxidation sites excluding steroid dienone is 1. The summed E-state index contributed by atoms with van der Waals surface area (Å²) in [5.41, 5.74) is 3.05. The second-order valence-electron chi connectivity index (χ2n) is 6.04. The van der Waals surface area contributed by atoms with E-state index in [4.69, 9.17) is 0 Å². The normalized spacial score (nSPS) is 22.2. The van der Waals surface area contributed by atoms with Crippen molar-refractivity contribution >= 4 is 29.3 Å². The van der Waals surface area contributed by atoms with Crippen LogP contribution in [0.4, 0.5) is 0 Å². The van der Waals surface area contributed by atoms with Gasteiger partial charge in [-0.2, -0.15) is 0 Å². The van der Waals surface area contributed by atoms with Gasteiger partial charge in [-0.05, 0) is 44.5 Å². The highest BCUT2D eigenvalue weighted by atomic mass is 32.2. The van der Waals surface area contributed by atoms with Gasteiger partial charge >= 0.3 is 0 Å². The predicted molar refractivity (Wildman–Crippen MR) is 101 cm³/mol. The lowest BCUT2D eigenvalue weighted by Gasteiger charge is -2.18. The Kier molecular flexibility index (Phi) is 6.60. The Morgan fingerprint density at radius 2 is 2.12 bits per heavy atom. The van der Waals surface area contributed by atoms with E-state index in [2.05, 4.69) is 17.0 Å². The van der Waals surface area contributed by atoms with Gasteiger partial charge in [-0.15, -0.1) is 11.8 Å². The number of likely N-dealkylation sites (N-methyl/N-ethyl adjacent to an activating group) is 1. The number of aliphatic hydroxyl groups excluding tert-OH is 1. The third-order valence-corrected chi connectivity index (χ3v) is 5.22. The van der Waals surface area contributed by atoms with E-state index < -0.39 is 6.10 Å². The fourth-order valence-electron chi connectivity index (χ4n) is 2.91. The summed E-state index contributed by atoms with van der Waals surface area (Å²) in [6.45, 7) is 6.56. The molecule has 1 aromatic carbocycles. The number of aliphatic imine (C=N–C) groups is 1. The van der Waals surface area contributed by atoms with Gasteiger partial charge in [0, 0.05) is 18.0 Å². The molecule has 0 saturated carbocycles. The maximum Gasteiger partial charge on any atom is 0.237 e. The third-order valence-electron chi connectivity index (χ3n) is 4.28. The number of β-amino-alcohol motifs (C(OH)–C–C–N with tert-alkyl or cyclic N) is 1. The molecule has 1 aliphatic heterocycles. The molecule has 2 rings (SSSR count). The molecule has 2 N–H and O–H groups in total. The zero-order valence-electron chi connectivity index (χ0n) is 14.5. The van der Waals surface area contributed by atoms with E-state index in [0.717, 1.165) is 21.7 Å². The van der Waals surface area contributed by atoms with Crippen LogP contribution in [0.3, 0.4) is 0 Å². The van der Waals surface area contributed by atoms with Crippen molar-refractivity contribution in [1.29, 1.82) is 0 Å². The van der Waals surface area contributed by atoms with E-state index in [1.807, 2.05) is 49.4 Å². The molecule has 6 heteroatoms. The fourth-order valence-corrected chi connectivity index (χ4v) is 3.64. The second kappa shape index (κ2) is 8.46. The summed E-state index contributed by atoms with van der Waals surface area (Å²) in [6.07, 6.45) is 2.10. The first-order valence-corrected chi connectivity index (χ1v) is 9.15. The Labute approximate surface area is 147 Å². The average Bonchev–Trinajstić information content (AvgIpc) is 2.92. The topological polar surface area (TPSA) is 64.9 Å². The molecule has 24 heavy (non-hydrogen) atoms. The van der Waals surface area contributed by atoms with Gasteiger partial charge in [-0.25, -0.2) is 0 Å². The van der Waals surface area contributed by atoms with Crippen LogP contribution in [0.2, 0.25) is 0 Å². The number of carbonyl (C=O) groups excluding carboxylic acids is 1. The first kappa shape index (κ1) is 18.7. The molecule has 1 heterocycles. The molecule has 0 spiro atoms. The van der Waals surface area contributed by atoms with Gasteiger partial charge in [0.25, 0.3) is 0 Å². The van der Waals surface area contributed by atoms with Crippen molar-refractivity contribution < 1.29 is 9.90 Å². The maximum absolute atomic E-state index is 12.2. The minimum absolute atomic E-state index is 0.0328. The molecule has 1 aromatic rings. The number of carbonyl (C=O) groups is 1. The molecule has 130 valence electrons. The van der Waals surface area contributed by atoms with E-state index in [1.165, 1.54) is 0 Å². The Balaban J connectivity index is 1.97. The van der Waals surface area contributed by atoms with Gasteiger partial charge < -0.3 is 10.4 Å². The first-order chi connectivity index (χ1) is 11.5. The quantitative estimate of drug-likeness (QED) is 0.774. The molecule has 1 aliphatic rings. The van der Waals surface area contributed by atoms with Crippen LogP contribution in [0.15, 0.2) is 35.0 Å². The predicted octanol–water partition coefficient (Wildman–Crippen LogP) is 2.12. The highest BCUT2D eigenvalue weighted by molar-refractivity contribution is 8.07. The minimum atomic E-state index is -0.413. The van der Waals surface area contributed by atoms with E-state index in [0.29, 0.717) is 19.5 Å². The smallest absolute Gasteiger partial charge is 0.237 e. The van der Waals surface area contributed by atoms with Crippen molar-refractivity contribution in [3.8, 4) is 0 Å². The number of aliphatic hydroxyl groups is 1. The van der Waals surface area contributed by atoms with E-state index in [1.54, 1.807) is 11.8 Å². The van der Waals surface area contributed by atoms with Crippen LogP contribution in [0.5, 0.6) is 0 Å². The lowest BCUT2D eigenvalue weighted by molar-refractivity contribution is -0.125. The number of amides is 1. The Morgan fingerprint density at radius 3 is 2.62 bits per heavy atom. The standard InChI is InChI=1S/C18H25N3O2S/c1-12(19-2)17(24-4)14-7-5-13(6-8-14)10-20-18(23)16-9-15(22)11-21(16)3/h5-8,15-16,22H,2,9-11H2,1,3-4H3,(H,20,23)/b17-12-. The Morgan fingerprint density at radius 1 is 1.46 bits per heavy atom. The molecule has 2 atom stereocenters. The number of hydrogen-bond donors (Lipinski definition) is 2. The van der Waals surface area contributed by atoms with Gasteiger partial charge in [-0.1, -0.05) is 24.3 Å². The fraction of sp³-hybridized carbons (Fsp3) is 0.444. The molecular weight excluding hydrogens is 322 g/mol. The van der Waals surface area contributed by atoms with Gasteiger partial charge in [0.2, 0.25) is 5.91 Å². The van der Waals surface area contributed by atoms with E-state index in [9.17, 15) is 9.90 Å². The molecule has 0 aromatic heterocycles. The van der Waals surface area contributed by atoms with Gasteiger partial charge in [-0.3, -0.25) is 14.7 Å². The number of thioether (sulfide) groups is 1. The van der Waals surface area contributed by atoms with Gasteiger partial charge in [0.1, 0.15) is 0 Å². The Bertz CT molecular complexity index is 628. The zero-order chi connectivity index (χ0) is 17.7. The SMILES string of the molecule is C=N/C(C)=C(\SC)c1ccc(CNC(=O)C2CC(O)CN2C)cc1. The second-order valence-corrected chi connectivity index (χ2v) is 6.85.